The number of quaternary nitrogens is 2. The Morgan fingerprint density at radius 1 is 1.19 bits per heavy atom. The van der Waals surface area contributed by atoms with Crippen LogP contribution in [-0.2, 0) is 22.7 Å². The van der Waals surface area contributed by atoms with Crippen LogP contribution in [0.4, 0.5) is 0 Å². The van der Waals surface area contributed by atoms with Crippen LogP contribution in [0.1, 0.15) is 29.9 Å². The van der Waals surface area contributed by atoms with Gasteiger partial charge in [0.15, 0.2) is 0 Å². The number of piperazine rings is 3. The zero-order chi connectivity index (χ0) is 29.6. The van der Waals surface area contributed by atoms with Gasteiger partial charge in [0.1, 0.15) is 64.3 Å². The number of aliphatic hydroxyl groups is 1. The molecule has 7 heterocycles. The Morgan fingerprint density at radius 2 is 1.88 bits per heavy atom. The van der Waals surface area contributed by atoms with E-state index in [2.05, 4.69) is 52.9 Å². The van der Waals surface area contributed by atoms with E-state index in [0.29, 0.717) is 5.57 Å². The number of fused-ring (bicyclic) bond motifs is 5. The Hall–Kier alpha value is -2.70. The number of hydrogen-bond acceptors (Lipinski definition) is 5. The van der Waals surface area contributed by atoms with Crippen LogP contribution in [0, 0.1) is 11.8 Å². The van der Waals surface area contributed by atoms with Crippen LogP contribution in [0.5, 0.6) is 0 Å². The maximum Gasteiger partial charge on any atom is 0.352 e. The summed E-state index contributed by atoms with van der Waals surface area (Å²) in [5.41, 5.74) is 3.45. The summed E-state index contributed by atoms with van der Waals surface area (Å²) in [7, 11) is 2.41. The van der Waals surface area contributed by atoms with Crippen molar-refractivity contribution in [3.05, 3.63) is 58.5 Å². The van der Waals surface area contributed by atoms with E-state index in [1.807, 2.05) is 13.1 Å². The number of carbonyl (C=O) groups excluding carboxylic acids is 1. The molecule has 4 atom stereocenters. The smallest absolute Gasteiger partial charge is 0.352 e. The molecule has 0 saturated carbocycles. The number of hydrogen-bond donors (Lipinski definition) is 2. The second kappa shape index (κ2) is 9.92. The van der Waals surface area contributed by atoms with Gasteiger partial charge in [-0.25, -0.2) is 9.36 Å². The van der Waals surface area contributed by atoms with Crippen molar-refractivity contribution in [3.63, 3.8) is 0 Å². The molecule has 5 aliphatic rings. The van der Waals surface area contributed by atoms with Crippen LogP contribution in [0.2, 0.25) is 0 Å². The lowest BCUT2D eigenvalue weighted by Gasteiger charge is -2.54. The molecule has 3 aromatic rings. The standard InChI is InChI=1S/C31H39N5O4S2/c1-19-24(27(31(39)40)34-26(19)25(20(2)37)28(34)38)23-16-33-18-32(29(41-4)30(33)42-23)15-21-6-5-7-22(14-21)17-36-11-8-35(3,9-12-36)10-13-36/h5-7,14,16,18-20,25-26,37H,8-13,15,17H2,1-4H3/q+2/p+1/t19-,20+,25+,26+,35?,36?/m0/s1. The van der Waals surface area contributed by atoms with Gasteiger partial charge in [-0.3, -0.25) is 4.79 Å². The summed E-state index contributed by atoms with van der Waals surface area (Å²) < 4.78 is 6.84. The third-order valence-electron chi connectivity index (χ3n) is 10.4. The first-order chi connectivity index (χ1) is 20.0. The monoisotopic (exact) mass is 610 g/mol. The fourth-order valence-electron chi connectivity index (χ4n) is 7.95. The van der Waals surface area contributed by atoms with Crippen molar-refractivity contribution in [1.29, 1.82) is 0 Å². The molecule has 8 rings (SSSR count). The highest BCUT2D eigenvalue weighted by molar-refractivity contribution is 7.98. The highest BCUT2D eigenvalue weighted by atomic mass is 32.2. The number of aliphatic carboxylic acids is 1. The maximum atomic E-state index is 12.8. The Bertz CT molecular complexity index is 1620. The SMILES string of the molecule is CSc1c2sc(C3=C(C(=O)O)N4C(=O)[C@H]([C@@H](C)O)[C@H]4[C@H]3C)cn2c[n+]1Cc1cccc(C[N+]23CC[N+](C)(CC2)CC3)c1. The number of carbonyl (C=O) groups is 2. The summed E-state index contributed by atoms with van der Waals surface area (Å²) >= 11 is 3.26. The van der Waals surface area contributed by atoms with Gasteiger partial charge in [-0.05, 0) is 24.8 Å². The first-order valence-electron chi connectivity index (χ1n) is 14.9. The van der Waals surface area contributed by atoms with Crippen molar-refractivity contribution in [2.45, 2.75) is 44.1 Å². The van der Waals surface area contributed by atoms with Crippen LogP contribution in [-0.4, -0.2) is 105 Å². The second-order valence-corrected chi connectivity index (χ2v) is 15.0. The molecule has 222 valence electrons. The number of amides is 1. The molecule has 1 amide bonds. The quantitative estimate of drug-likeness (QED) is 0.177. The van der Waals surface area contributed by atoms with Crippen molar-refractivity contribution < 1.29 is 33.3 Å². The summed E-state index contributed by atoms with van der Waals surface area (Å²) in [6, 6.07) is 8.75. The molecule has 1 aromatic carbocycles. The predicted octanol–water partition coefficient (Wildman–Crippen LogP) is 2.50. The van der Waals surface area contributed by atoms with E-state index in [1.54, 1.807) is 30.0 Å². The first-order valence-corrected chi connectivity index (χ1v) is 16.9. The van der Waals surface area contributed by atoms with Gasteiger partial charge in [0, 0.05) is 17.1 Å². The van der Waals surface area contributed by atoms with E-state index >= 15 is 0 Å². The number of nitrogens with zero attached hydrogens (tertiary/aromatic N) is 5. The Labute approximate surface area is 254 Å². The molecule has 4 fully saturated rings. The summed E-state index contributed by atoms with van der Waals surface area (Å²) in [4.78, 5) is 28.5. The fourth-order valence-corrected chi connectivity index (χ4v) is 10.1. The average Bonchev–Trinajstić information content (AvgIpc) is 3.56. The van der Waals surface area contributed by atoms with Gasteiger partial charge >= 0.3 is 5.97 Å². The van der Waals surface area contributed by atoms with Crippen molar-refractivity contribution >= 4 is 45.4 Å². The van der Waals surface area contributed by atoms with E-state index in [1.165, 1.54) is 64.3 Å². The highest BCUT2D eigenvalue weighted by Crippen LogP contribution is 2.51. The predicted molar refractivity (Wildman–Crippen MR) is 162 cm³/mol. The van der Waals surface area contributed by atoms with E-state index < -0.39 is 18.0 Å². The van der Waals surface area contributed by atoms with E-state index in [-0.39, 0.29) is 23.6 Å². The molecule has 0 aliphatic carbocycles. The van der Waals surface area contributed by atoms with Crippen LogP contribution >= 0.6 is 23.1 Å². The minimum atomic E-state index is -1.09. The van der Waals surface area contributed by atoms with Gasteiger partial charge in [0.25, 0.3) is 6.33 Å². The number of thioether (sulfide) groups is 1. The van der Waals surface area contributed by atoms with Crippen LogP contribution in [0.3, 0.4) is 0 Å². The number of carboxylic acid groups (broad SMARTS) is 1. The zero-order valence-corrected chi connectivity index (χ0v) is 26.3. The number of carboxylic acids is 1. The Morgan fingerprint density at radius 3 is 2.52 bits per heavy atom. The van der Waals surface area contributed by atoms with E-state index in [4.69, 9.17) is 0 Å². The van der Waals surface area contributed by atoms with Gasteiger partial charge in [0.2, 0.25) is 15.8 Å². The third-order valence-corrected chi connectivity index (χ3v) is 12.5. The lowest BCUT2D eigenvalue weighted by molar-refractivity contribution is -1.08. The molecule has 2 aromatic heterocycles. The lowest BCUT2D eigenvalue weighted by atomic mass is 9.77. The topological polar surface area (TPSA) is 86.1 Å². The molecule has 0 unspecified atom stereocenters. The van der Waals surface area contributed by atoms with Gasteiger partial charge in [-0.15, -0.1) is 0 Å². The number of thiazole rings is 1. The van der Waals surface area contributed by atoms with E-state index in [9.17, 15) is 19.8 Å². The normalized spacial score (nSPS) is 31.1. The molecule has 5 aliphatic heterocycles. The van der Waals surface area contributed by atoms with Gasteiger partial charge in [0.05, 0.1) is 30.0 Å². The average molecular weight is 611 g/mol. The molecule has 9 nitrogen and oxygen atoms in total. The number of β-lactam (4-membered cyclic amide) rings is 1. The minimum absolute atomic E-state index is 0.0617. The number of rotatable bonds is 8. The third kappa shape index (κ3) is 4.27. The van der Waals surface area contributed by atoms with Crippen molar-refractivity contribution in [2.24, 2.45) is 11.8 Å². The molecule has 4 saturated heterocycles. The lowest BCUT2D eigenvalue weighted by Crippen LogP contribution is -2.73. The first kappa shape index (κ1) is 28.1. The van der Waals surface area contributed by atoms with Gasteiger partial charge < -0.3 is 24.1 Å². The molecular weight excluding hydrogens is 571 g/mol. The number of aromatic nitrogens is 2. The largest absolute Gasteiger partial charge is 0.477 e. The zero-order valence-electron chi connectivity index (χ0n) is 24.7. The summed E-state index contributed by atoms with van der Waals surface area (Å²) in [6.45, 7) is 13.1. The molecule has 2 N–H and O–H groups in total. The molecule has 11 heteroatoms. The number of likely N-dealkylation sites (N-methyl/N-ethyl adjacent to an activating group) is 1. The molecule has 0 radical (unpaired) electrons. The van der Waals surface area contributed by atoms with E-state index in [0.717, 1.165) is 27.8 Å². The highest BCUT2D eigenvalue weighted by Gasteiger charge is 2.60. The summed E-state index contributed by atoms with van der Waals surface area (Å²) in [5, 5.41) is 21.4. The molecule has 2 bridgehead atoms. The van der Waals surface area contributed by atoms with Crippen molar-refractivity contribution in [3.8, 4) is 0 Å². The Balaban J connectivity index is 1.16. The number of imidazole rings is 1. The van der Waals surface area contributed by atoms with Crippen LogP contribution in [0.25, 0.3) is 10.4 Å². The van der Waals surface area contributed by atoms with Crippen LogP contribution in [0.15, 0.2) is 47.5 Å². The molecule has 42 heavy (non-hydrogen) atoms. The summed E-state index contributed by atoms with van der Waals surface area (Å²) in [5.74, 6) is -2.14. The molecular formula is C31H40N5O4S2+3. The van der Waals surface area contributed by atoms with Crippen molar-refractivity contribution in [1.82, 2.24) is 9.30 Å². The molecule has 0 spiro atoms. The fraction of sp³-hybridized carbons (Fsp3) is 0.516. The van der Waals surface area contributed by atoms with Crippen molar-refractivity contribution in [2.75, 3.05) is 52.6 Å². The Kier molecular flexibility index (Phi) is 6.63. The second-order valence-electron chi connectivity index (χ2n) is 13.2. The van der Waals surface area contributed by atoms with Gasteiger partial charge in [-0.1, -0.05) is 48.2 Å². The van der Waals surface area contributed by atoms with Crippen LogP contribution < -0.4 is 4.57 Å². The maximum absolute atomic E-state index is 12.8. The minimum Gasteiger partial charge on any atom is -0.477 e. The summed E-state index contributed by atoms with van der Waals surface area (Å²) in [6.07, 6.45) is 5.37. The van der Waals surface area contributed by atoms with Gasteiger partial charge in [-0.2, -0.15) is 4.40 Å². The number of benzene rings is 1. The number of aliphatic hydroxyl groups excluding tert-OH is 1.